The van der Waals surface area contributed by atoms with Crippen molar-refractivity contribution in [3.8, 4) is 17.6 Å². The second kappa shape index (κ2) is 5.98. The maximum atomic E-state index is 9.48. The molecule has 2 rings (SSSR count). The lowest BCUT2D eigenvalue weighted by Crippen LogP contribution is -2.00. The highest BCUT2D eigenvalue weighted by Crippen LogP contribution is 2.22. The highest BCUT2D eigenvalue weighted by atomic mass is 16.5. The van der Waals surface area contributed by atoms with Crippen LogP contribution in [-0.2, 0) is 6.54 Å². The van der Waals surface area contributed by atoms with Gasteiger partial charge in [-0.3, -0.25) is 0 Å². The van der Waals surface area contributed by atoms with E-state index >= 15 is 0 Å². The Bertz CT molecular complexity index is 660. The Morgan fingerprint density at radius 2 is 2.05 bits per heavy atom. The fraction of sp³-hybridized carbons (Fsp3) is 0.188. The number of nitriles is 1. The smallest absolute Gasteiger partial charge is 0.136 e. The van der Waals surface area contributed by atoms with Crippen LogP contribution in [0.5, 0.6) is 11.5 Å². The quantitative estimate of drug-likeness (QED) is 0.836. The molecule has 0 saturated carbocycles. The van der Waals surface area contributed by atoms with Crippen molar-refractivity contribution in [2.45, 2.75) is 13.5 Å². The summed E-state index contributed by atoms with van der Waals surface area (Å²) < 4.78 is 5.11. The molecule has 0 amide bonds. The third kappa shape index (κ3) is 3.01. The summed E-state index contributed by atoms with van der Waals surface area (Å²) in [7, 11) is 1.55. The maximum absolute atomic E-state index is 9.48. The fourth-order valence-corrected chi connectivity index (χ4v) is 1.92. The Balaban J connectivity index is 2.11. The zero-order chi connectivity index (χ0) is 14.5. The largest absolute Gasteiger partial charge is 0.508 e. The van der Waals surface area contributed by atoms with Crippen molar-refractivity contribution in [2.75, 3.05) is 12.4 Å². The number of ether oxygens (including phenoxy) is 1. The SMILES string of the molecule is COc1ccc(CNc2ccc(O)c(C)c2)cc1C#N. The third-order valence-electron chi connectivity index (χ3n) is 3.08. The zero-order valence-corrected chi connectivity index (χ0v) is 11.5. The number of nitrogens with zero attached hydrogens (tertiary/aromatic N) is 1. The Kier molecular flexibility index (Phi) is 4.11. The first-order chi connectivity index (χ1) is 9.63. The molecule has 4 heteroatoms. The van der Waals surface area contributed by atoms with Crippen molar-refractivity contribution < 1.29 is 9.84 Å². The number of hydrogen-bond donors (Lipinski definition) is 2. The average molecular weight is 268 g/mol. The number of benzene rings is 2. The molecule has 2 aromatic carbocycles. The van der Waals surface area contributed by atoms with Crippen LogP contribution in [0.25, 0.3) is 0 Å². The second-order valence-electron chi connectivity index (χ2n) is 4.50. The Morgan fingerprint density at radius 3 is 2.70 bits per heavy atom. The Morgan fingerprint density at radius 1 is 1.25 bits per heavy atom. The highest BCUT2D eigenvalue weighted by molar-refractivity contribution is 5.51. The van der Waals surface area contributed by atoms with E-state index in [1.165, 1.54) is 0 Å². The van der Waals surface area contributed by atoms with Crippen LogP contribution in [0.3, 0.4) is 0 Å². The predicted molar refractivity (Wildman–Crippen MR) is 77.9 cm³/mol. The molecule has 0 unspecified atom stereocenters. The molecule has 0 aliphatic carbocycles. The molecule has 0 spiro atoms. The first-order valence-corrected chi connectivity index (χ1v) is 6.24. The van der Waals surface area contributed by atoms with Crippen LogP contribution < -0.4 is 10.1 Å². The third-order valence-corrected chi connectivity index (χ3v) is 3.08. The molecule has 0 fully saturated rings. The molecule has 102 valence electrons. The lowest BCUT2D eigenvalue weighted by Gasteiger charge is -2.09. The van der Waals surface area contributed by atoms with Gasteiger partial charge in [0.1, 0.15) is 17.6 Å². The fourth-order valence-electron chi connectivity index (χ4n) is 1.92. The van der Waals surface area contributed by atoms with Crippen molar-refractivity contribution in [2.24, 2.45) is 0 Å². The van der Waals surface area contributed by atoms with Crippen LogP contribution >= 0.6 is 0 Å². The summed E-state index contributed by atoms with van der Waals surface area (Å²) >= 11 is 0. The van der Waals surface area contributed by atoms with Gasteiger partial charge in [0.2, 0.25) is 0 Å². The average Bonchev–Trinajstić information content (AvgIpc) is 2.48. The van der Waals surface area contributed by atoms with Crippen molar-refractivity contribution in [3.63, 3.8) is 0 Å². The van der Waals surface area contributed by atoms with E-state index in [9.17, 15) is 5.11 Å². The molecule has 2 aromatic rings. The van der Waals surface area contributed by atoms with Gasteiger partial charge in [-0.1, -0.05) is 6.07 Å². The van der Waals surface area contributed by atoms with Gasteiger partial charge in [-0.25, -0.2) is 0 Å². The van der Waals surface area contributed by atoms with Crippen LogP contribution in [0, 0.1) is 18.3 Å². The van der Waals surface area contributed by atoms with Crippen molar-refractivity contribution in [1.82, 2.24) is 0 Å². The van der Waals surface area contributed by atoms with Crippen molar-refractivity contribution in [1.29, 1.82) is 5.26 Å². The summed E-state index contributed by atoms with van der Waals surface area (Å²) in [5, 5.41) is 21.8. The topological polar surface area (TPSA) is 65.3 Å². The molecule has 0 bridgehead atoms. The summed E-state index contributed by atoms with van der Waals surface area (Å²) in [5.74, 6) is 0.864. The number of rotatable bonds is 4. The van der Waals surface area contributed by atoms with Crippen molar-refractivity contribution >= 4 is 5.69 Å². The molecule has 0 radical (unpaired) electrons. The molecule has 0 aliphatic rings. The van der Waals surface area contributed by atoms with Gasteiger partial charge in [-0.2, -0.15) is 5.26 Å². The Labute approximate surface area is 118 Å². The summed E-state index contributed by atoms with van der Waals surface area (Å²) in [6.45, 7) is 2.45. The number of phenolic OH excluding ortho intramolecular Hbond substituents is 1. The zero-order valence-electron chi connectivity index (χ0n) is 11.5. The molecule has 20 heavy (non-hydrogen) atoms. The van der Waals surface area contributed by atoms with Gasteiger partial charge < -0.3 is 15.2 Å². The number of hydrogen-bond acceptors (Lipinski definition) is 4. The first-order valence-electron chi connectivity index (χ1n) is 6.24. The lowest BCUT2D eigenvalue weighted by molar-refractivity contribution is 0.413. The van der Waals surface area contributed by atoms with E-state index in [1.54, 1.807) is 25.3 Å². The van der Waals surface area contributed by atoms with E-state index in [2.05, 4.69) is 11.4 Å². The highest BCUT2D eigenvalue weighted by Gasteiger charge is 2.04. The Hall–Kier alpha value is -2.67. The molecule has 4 nitrogen and oxygen atoms in total. The van der Waals surface area contributed by atoms with E-state index in [1.807, 2.05) is 25.1 Å². The predicted octanol–water partition coefficient (Wildman–Crippen LogP) is 3.19. The molecule has 0 atom stereocenters. The van der Waals surface area contributed by atoms with Gasteiger partial charge in [0.05, 0.1) is 12.7 Å². The number of nitrogens with one attached hydrogen (secondary N) is 1. The van der Waals surface area contributed by atoms with E-state index in [0.29, 0.717) is 17.9 Å². The van der Waals surface area contributed by atoms with Crippen LogP contribution in [0.2, 0.25) is 0 Å². The van der Waals surface area contributed by atoms with Gasteiger partial charge in [-0.15, -0.1) is 0 Å². The van der Waals surface area contributed by atoms with Crippen LogP contribution in [-0.4, -0.2) is 12.2 Å². The first kappa shape index (κ1) is 13.8. The van der Waals surface area contributed by atoms with Gasteiger partial charge in [0, 0.05) is 12.2 Å². The molecular weight excluding hydrogens is 252 g/mol. The number of phenols is 1. The van der Waals surface area contributed by atoms with Crippen LogP contribution in [0.4, 0.5) is 5.69 Å². The second-order valence-corrected chi connectivity index (χ2v) is 4.50. The minimum Gasteiger partial charge on any atom is -0.508 e. The molecule has 0 heterocycles. The van der Waals surface area contributed by atoms with Crippen LogP contribution in [0.1, 0.15) is 16.7 Å². The van der Waals surface area contributed by atoms with Gasteiger partial charge in [0.15, 0.2) is 0 Å². The summed E-state index contributed by atoms with van der Waals surface area (Å²) in [6.07, 6.45) is 0. The summed E-state index contributed by atoms with van der Waals surface area (Å²) in [4.78, 5) is 0. The van der Waals surface area contributed by atoms with E-state index in [-0.39, 0.29) is 5.75 Å². The molecular formula is C16H16N2O2. The number of aryl methyl sites for hydroxylation is 1. The van der Waals surface area contributed by atoms with Gasteiger partial charge in [-0.05, 0) is 48.4 Å². The lowest BCUT2D eigenvalue weighted by atomic mass is 10.1. The molecule has 0 aliphatic heterocycles. The summed E-state index contributed by atoms with van der Waals surface area (Å²) in [6, 6.07) is 13.0. The van der Waals surface area contributed by atoms with E-state index in [4.69, 9.17) is 10.00 Å². The number of methoxy groups -OCH3 is 1. The van der Waals surface area contributed by atoms with Gasteiger partial charge >= 0.3 is 0 Å². The number of anilines is 1. The molecule has 2 N–H and O–H groups in total. The van der Waals surface area contributed by atoms with Gasteiger partial charge in [0.25, 0.3) is 0 Å². The minimum atomic E-state index is 0.284. The maximum Gasteiger partial charge on any atom is 0.136 e. The van der Waals surface area contributed by atoms with E-state index in [0.717, 1.165) is 16.8 Å². The molecule has 0 aromatic heterocycles. The van der Waals surface area contributed by atoms with E-state index < -0.39 is 0 Å². The standard InChI is InChI=1S/C16H16N2O2/c1-11-7-14(4-5-15(11)19)18-10-12-3-6-16(20-2)13(8-12)9-17/h3-8,18-19H,10H2,1-2H3. The monoisotopic (exact) mass is 268 g/mol. The minimum absolute atomic E-state index is 0.284. The number of aromatic hydroxyl groups is 1. The normalized spacial score (nSPS) is 9.85. The van der Waals surface area contributed by atoms with Crippen LogP contribution in [0.15, 0.2) is 36.4 Å². The summed E-state index contributed by atoms with van der Waals surface area (Å²) in [5.41, 5.74) is 3.26. The molecule has 0 saturated heterocycles. The van der Waals surface area contributed by atoms with Crippen molar-refractivity contribution in [3.05, 3.63) is 53.1 Å².